The van der Waals surface area contributed by atoms with Crippen LogP contribution in [0.4, 0.5) is 0 Å². The smallest absolute Gasteiger partial charge is 0.250 e. The van der Waals surface area contributed by atoms with Gasteiger partial charge in [0, 0.05) is 10.9 Å². The number of carbonyl (C=O) groups is 1. The Bertz CT molecular complexity index is 942. The van der Waals surface area contributed by atoms with Crippen LogP contribution in [0, 0.1) is 0 Å². The number of benzene rings is 2. The van der Waals surface area contributed by atoms with E-state index in [4.69, 9.17) is 0 Å². The van der Waals surface area contributed by atoms with Crippen molar-refractivity contribution in [2.45, 2.75) is 30.5 Å². The fraction of sp³-hybridized carbons (Fsp3) is 0.227. The van der Waals surface area contributed by atoms with E-state index in [0.29, 0.717) is 0 Å². The van der Waals surface area contributed by atoms with Crippen molar-refractivity contribution in [1.82, 2.24) is 10.4 Å². The van der Waals surface area contributed by atoms with Crippen LogP contribution >= 0.6 is 23.1 Å². The highest BCUT2D eigenvalue weighted by Crippen LogP contribution is 2.28. The minimum atomic E-state index is -0.149. The molecule has 28 heavy (non-hydrogen) atoms. The summed E-state index contributed by atoms with van der Waals surface area (Å²) >= 11 is 2.96. The van der Waals surface area contributed by atoms with Crippen molar-refractivity contribution in [3.05, 3.63) is 71.1 Å². The minimum Gasteiger partial charge on any atom is -0.272 e. The van der Waals surface area contributed by atoms with E-state index in [1.54, 1.807) is 17.6 Å². The van der Waals surface area contributed by atoms with Gasteiger partial charge in [0.15, 0.2) is 4.34 Å². The number of thioether (sulfide) groups is 1. The third-order valence-electron chi connectivity index (χ3n) is 4.06. The predicted octanol–water partition coefficient (Wildman–Crippen LogP) is 5.35. The van der Waals surface area contributed by atoms with E-state index in [9.17, 15) is 4.79 Å². The van der Waals surface area contributed by atoms with Crippen LogP contribution < -0.4 is 5.43 Å². The van der Waals surface area contributed by atoms with Crippen molar-refractivity contribution >= 4 is 35.2 Å². The Labute approximate surface area is 174 Å². The number of hydrogen-bond acceptors (Lipinski definition) is 5. The van der Waals surface area contributed by atoms with E-state index >= 15 is 0 Å². The van der Waals surface area contributed by atoms with Gasteiger partial charge in [-0.15, -0.1) is 11.3 Å². The molecule has 6 heteroatoms. The second-order valence-corrected chi connectivity index (χ2v) is 9.40. The van der Waals surface area contributed by atoms with Crippen LogP contribution in [-0.2, 0) is 10.2 Å². The van der Waals surface area contributed by atoms with Crippen molar-refractivity contribution < 1.29 is 4.79 Å². The quantitative estimate of drug-likeness (QED) is 0.339. The molecule has 0 radical (unpaired) electrons. The van der Waals surface area contributed by atoms with E-state index in [1.165, 1.54) is 17.3 Å². The molecule has 4 nitrogen and oxygen atoms in total. The van der Waals surface area contributed by atoms with Crippen molar-refractivity contribution in [3.8, 4) is 11.3 Å². The molecule has 0 saturated heterocycles. The molecule has 1 amide bonds. The highest BCUT2D eigenvalue weighted by Gasteiger charge is 2.12. The fourth-order valence-corrected chi connectivity index (χ4v) is 4.10. The molecule has 0 bridgehead atoms. The number of hydrazone groups is 1. The number of nitrogens with zero attached hydrogens (tertiary/aromatic N) is 2. The average Bonchev–Trinajstić information content (AvgIpc) is 3.16. The van der Waals surface area contributed by atoms with Crippen molar-refractivity contribution in [2.75, 3.05) is 5.75 Å². The Morgan fingerprint density at radius 3 is 2.54 bits per heavy atom. The summed E-state index contributed by atoms with van der Waals surface area (Å²) in [6.07, 6.45) is 1.66. The van der Waals surface area contributed by atoms with Crippen LogP contribution in [0.3, 0.4) is 0 Å². The highest BCUT2D eigenvalue weighted by molar-refractivity contribution is 8.01. The molecule has 2 aromatic carbocycles. The molecule has 0 unspecified atom stereocenters. The van der Waals surface area contributed by atoms with Gasteiger partial charge in [0.2, 0.25) is 0 Å². The van der Waals surface area contributed by atoms with Crippen molar-refractivity contribution in [3.63, 3.8) is 0 Å². The molecule has 0 saturated carbocycles. The van der Waals surface area contributed by atoms with Gasteiger partial charge >= 0.3 is 0 Å². The van der Waals surface area contributed by atoms with Crippen LogP contribution in [0.5, 0.6) is 0 Å². The number of carbonyl (C=O) groups excluding carboxylic acids is 1. The summed E-state index contributed by atoms with van der Waals surface area (Å²) in [4.78, 5) is 16.6. The standard InChI is InChI=1S/C22H23N3OS2/c1-22(2,3)18-11-9-16(10-12-18)13-23-25-20(26)15-28-21-24-19(14-27-21)17-7-5-4-6-8-17/h4-14H,15H2,1-3H3,(H,25,26)/b23-13+. The SMILES string of the molecule is CC(C)(C)c1ccc(/C=N/NC(=O)CSc2nc(-c3ccccc3)cs2)cc1. The second kappa shape index (κ2) is 9.17. The summed E-state index contributed by atoms with van der Waals surface area (Å²) in [5.74, 6) is 0.131. The Morgan fingerprint density at radius 2 is 1.86 bits per heavy atom. The second-order valence-electron chi connectivity index (χ2n) is 7.32. The number of hydrogen-bond donors (Lipinski definition) is 1. The van der Waals surface area contributed by atoms with E-state index in [0.717, 1.165) is 21.2 Å². The number of thiazole rings is 1. The molecular formula is C22H23N3OS2. The third-order valence-corrected chi connectivity index (χ3v) is 6.08. The zero-order chi connectivity index (χ0) is 20.0. The molecule has 0 fully saturated rings. The van der Waals surface area contributed by atoms with Gasteiger partial charge in [-0.05, 0) is 16.5 Å². The molecule has 0 aliphatic carbocycles. The molecular weight excluding hydrogens is 386 g/mol. The normalized spacial score (nSPS) is 11.7. The Morgan fingerprint density at radius 1 is 1.14 bits per heavy atom. The Kier molecular flexibility index (Phi) is 6.65. The zero-order valence-corrected chi connectivity index (χ0v) is 17.8. The fourth-order valence-electron chi connectivity index (χ4n) is 2.47. The first-order valence-electron chi connectivity index (χ1n) is 8.98. The summed E-state index contributed by atoms with van der Waals surface area (Å²) in [5.41, 5.74) is 6.93. The van der Waals surface area contributed by atoms with E-state index in [1.807, 2.05) is 47.8 Å². The maximum absolute atomic E-state index is 12.0. The molecule has 0 aliphatic heterocycles. The van der Waals surface area contributed by atoms with Crippen LogP contribution in [0.25, 0.3) is 11.3 Å². The van der Waals surface area contributed by atoms with E-state index in [-0.39, 0.29) is 17.1 Å². The van der Waals surface area contributed by atoms with Gasteiger partial charge in [0.25, 0.3) is 5.91 Å². The number of aromatic nitrogens is 1. The van der Waals surface area contributed by atoms with Crippen LogP contribution in [0.1, 0.15) is 31.9 Å². The summed E-state index contributed by atoms with van der Waals surface area (Å²) in [7, 11) is 0. The molecule has 3 rings (SSSR count). The molecule has 144 valence electrons. The van der Waals surface area contributed by atoms with Gasteiger partial charge in [-0.2, -0.15) is 5.10 Å². The van der Waals surface area contributed by atoms with Crippen molar-refractivity contribution in [1.29, 1.82) is 0 Å². The molecule has 0 atom stereocenters. The van der Waals surface area contributed by atoms with Gasteiger partial charge in [-0.25, -0.2) is 10.4 Å². The average molecular weight is 410 g/mol. The monoisotopic (exact) mass is 409 g/mol. The topological polar surface area (TPSA) is 54.4 Å². The van der Waals surface area contributed by atoms with Gasteiger partial charge in [0.05, 0.1) is 17.7 Å². The molecule has 3 aromatic rings. The summed E-state index contributed by atoms with van der Waals surface area (Å²) in [6, 6.07) is 18.2. The largest absolute Gasteiger partial charge is 0.272 e. The molecule has 1 heterocycles. The van der Waals surface area contributed by atoms with Gasteiger partial charge in [0.1, 0.15) is 0 Å². The minimum absolute atomic E-state index is 0.122. The van der Waals surface area contributed by atoms with Gasteiger partial charge in [-0.1, -0.05) is 87.1 Å². The van der Waals surface area contributed by atoms with Crippen molar-refractivity contribution in [2.24, 2.45) is 5.10 Å². The highest BCUT2D eigenvalue weighted by atomic mass is 32.2. The number of rotatable bonds is 6. The summed E-state index contributed by atoms with van der Waals surface area (Å²) < 4.78 is 0.871. The summed E-state index contributed by atoms with van der Waals surface area (Å²) in [5, 5.41) is 6.05. The lowest BCUT2D eigenvalue weighted by Gasteiger charge is -2.18. The van der Waals surface area contributed by atoms with Crippen LogP contribution in [-0.4, -0.2) is 22.9 Å². The molecule has 0 spiro atoms. The van der Waals surface area contributed by atoms with E-state index < -0.39 is 0 Å². The lowest BCUT2D eigenvalue weighted by atomic mass is 9.87. The lowest BCUT2D eigenvalue weighted by Crippen LogP contribution is -2.19. The first-order chi connectivity index (χ1) is 13.4. The van der Waals surface area contributed by atoms with Gasteiger partial charge < -0.3 is 0 Å². The third kappa shape index (κ3) is 5.78. The first kappa shape index (κ1) is 20.3. The number of nitrogens with one attached hydrogen (secondary N) is 1. The zero-order valence-electron chi connectivity index (χ0n) is 16.2. The molecule has 1 N–H and O–H groups in total. The first-order valence-corrected chi connectivity index (χ1v) is 10.8. The van der Waals surface area contributed by atoms with Crippen LogP contribution in [0.15, 0.2) is 69.4 Å². The van der Waals surface area contributed by atoms with E-state index in [2.05, 4.69) is 48.4 Å². The van der Waals surface area contributed by atoms with Gasteiger partial charge in [-0.3, -0.25) is 4.79 Å². The lowest BCUT2D eigenvalue weighted by molar-refractivity contribution is -0.118. The Balaban J connectivity index is 1.47. The number of amides is 1. The maximum Gasteiger partial charge on any atom is 0.250 e. The Hall–Kier alpha value is -2.44. The molecule has 1 aromatic heterocycles. The maximum atomic E-state index is 12.0. The summed E-state index contributed by atoms with van der Waals surface area (Å²) in [6.45, 7) is 6.54. The molecule has 0 aliphatic rings. The van der Waals surface area contributed by atoms with Crippen LogP contribution in [0.2, 0.25) is 0 Å². The predicted molar refractivity (Wildman–Crippen MR) is 119 cm³/mol.